The molecular weight excluding hydrogens is 527 g/mol. The van der Waals surface area contributed by atoms with Gasteiger partial charge in [0.05, 0.1) is 12.7 Å². The first-order valence-electron chi connectivity index (χ1n) is 16.9. The molecular formula is C36H59O4P. The maximum Gasteiger partial charge on any atom is 0.472 e. The Morgan fingerprint density at radius 1 is 0.585 bits per heavy atom. The molecule has 0 aliphatic heterocycles. The van der Waals surface area contributed by atoms with Crippen molar-refractivity contribution in [3.63, 3.8) is 0 Å². The molecule has 0 saturated heterocycles. The minimum atomic E-state index is -4.15. The zero-order chi connectivity index (χ0) is 29.3. The second-order valence-electron chi connectivity index (χ2n) is 11.7. The highest BCUT2D eigenvalue weighted by Gasteiger charge is 2.27. The van der Waals surface area contributed by atoms with Gasteiger partial charge in [-0.2, -0.15) is 0 Å². The van der Waals surface area contributed by atoms with E-state index in [1.165, 1.54) is 109 Å². The molecule has 2 aromatic carbocycles. The maximum absolute atomic E-state index is 12.7. The molecule has 0 amide bonds. The molecule has 2 atom stereocenters. The van der Waals surface area contributed by atoms with Gasteiger partial charge in [0.25, 0.3) is 0 Å². The molecule has 0 spiro atoms. The third-order valence-electron chi connectivity index (χ3n) is 7.95. The van der Waals surface area contributed by atoms with E-state index in [4.69, 9.17) is 9.05 Å². The van der Waals surface area contributed by atoms with Gasteiger partial charge in [-0.15, -0.1) is 0 Å². The molecule has 41 heavy (non-hydrogen) atoms. The van der Waals surface area contributed by atoms with E-state index in [1.807, 2.05) is 60.7 Å². The smallest absolute Gasteiger partial charge is 0.302 e. The third kappa shape index (κ3) is 19.4. The van der Waals surface area contributed by atoms with Gasteiger partial charge in [0.15, 0.2) is 0 Å². The molecule has 2 rings (SSSR count). The highest BCUT2D eigenvalue weighted by atomic mass is 31.2. The van der Waals surface area contributed by atoms with Gasteiger partial charge < -0.3 is 4.89 Å². The van der Waals surface area contributed by atoms with Crippen LogP contribution in [0.25, 0.3) is 0 Å². The van der Waals surface area contributed by atoms with Gasteiger partial charge in [-0.1, -0.05) is 190 Å². The zero-order valence-electron chi connectivity index (χ0n) is 26.0. The summed E-state index contributed by atoms with van der Waals surface area (Å²) in [6.45, 7) is 2.53. The summed E-state index contributed by atoms with van der Waals surface area (Å²) in [5.74, 6) is 0. The lowest BCUT2D eigenvalue weighted by atomic mass is 10.0. The first-order valence-corrected chi connectivity index (χ1v) is 18.3. The lowest BCUT2D eigenvalue weighted by Gasteiger charge is -2.21. The summed E-state index contributed by atoms with van der Waals surface area (Å²) in [6, 6.07) is 19.5. The van der Waals surface area contributed by atoms with Crippen molar-refractivity contribution < 1.29 is 18.5 Å². The Kier molecular flexibility index (Phi) is 21.0. The molecule has 4 nitrogen and oxygen atoms in total. The largest absolute Gasteiger partial charge is 0.472 e. The molecule has 0 bridgehead atoms. The number of rotatable bonds is 27. The molecule has 0 fully saturated rings. The van der Waals surface area contributed by atoms with Gasteiger partial charge in [0.2, 0.25) is 0 Å². The fourth-order valence-corrected chi connectivity index (χ4v) is 6.38. The molecule has 0 saturated carbocycles. The first kappa shape index (κ1) is 35.7. The van der Waals surface area contributed by atoms with E-state index < -0.39 is 13.9 Å². The van der Waals surface area contributed by atoms with Crippen molar-refractivity contribution in [2.45, 2.75) is 148 Å². The summed E-state index contributed by atoms with van der Waals surface area (Å²) >= 11 is 0. The zero-order valence-corrected chi connectivity index (χ0v) is 26.9. The first-order chi connectivity index (χ1) is 20.1. The van der Waals surface area contributed by atoms with Crippen LogP contribution < -0.4 is 0 Å². The molecule has 0 radical (unpaired) electrons. The van der Waals surface area contributed by atoms with Crippen molar-refractivity contribution >= 4 is 7.82 Å². The Balaban J connectivity index is 1.42. The summed E-state index contributed by atoms with van der Waals surface area (Å²) < 4.78 is 23.7. The molecule has 5 heteroatoms. The number of phosphoric acid groups is 1. The van der Waals surface area contributed by atoms with Crippen LogP contribution in [0.15, 0.2) is 60.7 Å². The van der Waals surface area contributed by atoms with Gasteiger partial charge in [-0.25, -0.2) is 4.57 Å². The quantitative estimate of drug-likeness (QED) is 0.0835. The van der Waals surface area contributed by atoms with E-state index in [0.29, 0.717) is 6.42 Å². The van der Waals surface area contributed by atoms with Gasteiger partial charge >= 0.3 is 7.82 Å². The normalized spacial score (nSPS) is 13.7. The SMILES string of the molecule is CCCCCCCCCCCCCCCCCCCCCCOP(=O)(O)OC(Cc1ccccc1)c1ccccc1. The molecule has 232 valence electrons. The molecule has 0 aromatic heterocycles. The minimum absolute atomic E-state index is 0.250. The molecule has 0 aliphatic rings. The van der Waals surface area contributed by atoms with E-state index >= 15 is 0 Å². The van der Waals surface area contributed by atoms with Crippen molar-refractivity contribution in [2.75, 3.05) is 6.61 Å². The Morgan fingerprint density at radius 3 is 1.41 bits per heavy atom. The van der Waals surface area contributed by atoms with Crippen molar-refractivity contribution in [1.29, 1.82) is 0 Å². The molecule has 2 unspecified atom stereocenters. The molecule has 2 aromatic rings. The fourth-order valence-electron chi connectivity index (χ4n) is 5.44. The predicted octanol–water partition coefficient (Wildman–Crippen LogP) is 11.9. The van der Waals surface area contributed by atoms with Crippen molar-refractivity contribution in [3.05, 3.63) is 71.8 Å². The van der Waals surface area contributed by atoms with Crippen LogP contribution >= 0.6 is 7.82 Å². The van der Waals surface area contributed by atoms with Crippen molar-refractivity contribution in [2.24, 2.45) is 0 Å². The van der Waals surface area contributed by atoms with Crippen LogP contribution in [0.5, 0.6) is 0 Å². The Morgan fingerprint density at radius 2 is 0.976 bits per heavy atom. The average Bonchev–Trinajstić information content (AvgIpc) is 2.98. The third-order valence-corrected chi connectivity index (χ3v) is 8.98. The fraction of sp³-hybridized carbons (Fsp3) is 0.667. The summed E-state index contributed by atoms with van der Waals surface area (Å²) in [4.78, 5) is 10.4. The van der Waals surface area contributed by atoms with E-state index in [1.54, 1.807) is 0 Å². The second-order valence-corrected chi connectivity index (χ2v) is 13.1. The number of phosphoric ester groups is 1. The van der Waals surface area contributed by atoms with Gasteiger partial charge in [-0.05, 0) is 17.5 Å². The number of hydrogen-bond acceptors (Lipinski definition) is 3. The van der Waals surface area contributed by atoms with E-state index in [-0.39, 0.29) is 6.61 Å². The van der Waals surface area contributed by atoms with Gasteiger partial charge in [0.1, 0.15) is 0 Å². The number of unbranched alkanes of at least 4 members (excludes halogenated alkanes) is 19. The van der Waals surface area contributed by atoms with Crippen LogP contribution in [0, 0.1) is 0 Å². The molecule has 0 heterocycles. The van der Waals surface area contributed by atoms with Crippen molar-refractivity contribution in [1.82, 2.24) is 0 Å². The summed E-state index contributed by atoms with van der Waals surface area (Å²) in [5, 5.41) is 0. The van der Waals surface area contributed by atoms with Crippen LogP contribution in [0.2, 0.25) is 0 Å². The number of hydrogen-bond donors (Lipinski definition) is 1. The van der Waals surface area contributed by atoms with Crippen LogP contribution in [-0.4, -0.2) is 11.5 Å². The van der Waals surface area contributed by atoms with E-state index in [9.17, 15) is 9.46 Å². The predicted molar refractivity (Wildman–Crippen MR) is 174 cm³/mol. The second kappa shape index (κ2) is 24.0. The van der Waals surface area contributed by atoms with Crippen LogP contribution in [0.4, 0.5) is 0 Å². The Bertz CT molecular complexity index is 889. The summed E-state index contributed by atoms with van der Waals surface area (Å²) in [6.07, 6.45) is 26.6. The highest BCUT2D eigenvalue weighted by Crippen LogP contribution is 2.48. The highest BCUT2D eigenvalue weighted by molar-refractivity contribution is 7.47. The minimum Gasteiger partial charge on any atom is -0.302 e. The Hall–Kier alpha value is -1.45. The number of benzene rings is 2. The van der Waals surface area contributed by atoms with Gasteiger partial charge in [-0.3, -0.25) is 9.05 Å². The van der Waals surface area contributed by atoms with Crippen LogP contribution in [-0.2, 0) is 20.0 Å². The van der Waals surface area contributed by atoms with Crippen molar-refractivity contribution in [3.8, 4) is 0 Å². The summed E-state index contributed by atoms with van der Waals surface area (Å²) in [7, 11) is -4.15. The Labute approximate surface area is 252 Å². The lowest BCUT2D eigenvalue weighted by Crippen LogP contribution is -2.08. The van der Waals surface area contributed by atoms with E-state index in [0.717, 1.165) is 30.4 Å². The van der Waals surface area contributed by atoms with Crippen LogP contribution in [0.1, 0.15) is 153 Å². The molecule has 0 aliphatic carbocycles. The summed E-state index contributed by atoms with van der Waals surface area (Å²) in [5.41, 5.74) is 1.92. The standard InChI is InChI=1S/C36H59O4P/c1-2-3-4-5-6-7-8-9-10-11-12-13-14-15-16-17-18-19-20-27-32-39-41(37,38)40-36(35-30-25-22-26-31-35)33-34-28-23-21-24-29-34/h21-26,28-31,36H,2-20,27,32-33H2,1H3,(H,37,38). The van der Waals surface area contributed by atoms with Gasteiger partial charge in [0, 0.05) is 6.42 Å². The van der Waals surface area contributed by atoms with E-state index in [2.05, 4.69) is 6.92 Å². The topological polar surface area (TPSA) is 55.8 Å². The maximum atomic E-state index is 12.7. The van der Waals surface area contributed by atoms with Crippen LogP contribution in [0.3, 0.4) is 0 Å². The monoisotopic (exact) mass is 586 g/mol. The average molecular weight is 587 g/mol. The molecule has 1 N–H and O–H groups in total. The lowest BCUT2D eigenvalue weighted by molar-refractivity contribution is 0.103.